The summed E-state index contributed by atoms with van der Waals surface area (Å²) in [6.07, 6.45) is -0.554. The van der Waals surface area contributed by atoms with Crippen molar-refractivity contribution in [1.82, 2.24) is 4.90 Å². The van der Waals surface area contributed by atoms with Gasteiger partial charge in [-0.05, 0) is 49.2 Å². The molecule has 2 aromatic carbocycles. The molecule has 3 rings (SSSR count). The fourth-order valence-electron chi connectivity index (χ4n) is 3.66. The first-order chi connectivity index (χ1) is 12.9. The Kier molecular flexibility index (Phi) is 7.61. The molecule has 5 nitrogen and oxygen atoms in total. The third-order valence-electron chi connectivity index (χ3n) is 5.29. The number of carbonyl (C=O) groups is 1. The number of nitrogens with zero attached hydrogens (tertiary/aromatic N) is 2. The van der Waals surface area contributed by atoms with Crippen molar-refractivity contribution < 1.29 is 9.90 Å². The quantitative estimate of drug-likeness (QED) is 0.824. The molecule has 152 valence electrons. The number of aryl methyl sites for hydroxylation is 1. The highest BCUT2D eigenvalue weighted by Gasteiger charge is 2.26. The van der Waals surface area contributed by atoms with Crippen LogP contribution in [0.1, 0.15) is 38.5 Å². The van der Waals surface area contributed by atoms with Gasteiger partial charge in [0, 0.05) is 50.5 Å². The molecule has 1 heterocycles. The highest BCUT2D eigenvalue weighted by atomic mass is 16.3. The molecule has 1 aliphatic heterocycles. The largest absolute Gasteiger partial charge is 0.387 e. The van der Waals surface area contributed by atoms with E-state index >= 15 is 0 Å². The van der Waals surface area contributed by atoms with E-state index in [9.17, 15) is 9.90 Å². The second-order valence-electron chi connectivity index (χ2n) is 7.35. The first-order valence-corrected chi connectivity index (χ1v) is 9.55. The molecule has 28 heavy (non-hydrogen) atoms. The van der Waals surface area contributed by atoms with Gasteiger partial charge in [0.05, 0.1) is 6.10 Å². The second kappa shape index (κ2) is 9.71. The van der Waals surface area contributed by atoms with Crippen molar-refractivity contribution in [1.29, 1.82) is 0 Å². The van der Waals surface area contributed by atoms with Gasteiger partial charge in [-0.25, -0.2) is 0 Å². The summed E-state index contributed by atoms with van der Waals surface area (Å²) in [6, 6.07) is 16.1. The van der Waals surface area contributed by atoms with E-state index in [0.717, 1.165) is 37.4 Å². The van der Waals surface area contributed by atoms with Crippen LogP contribution in [0.15, 0.2) is 48.5 Å². The maximum atomic E-state index is 11.1. The summed E-state index contributed by atoms with van der Waals surface area (Å²) in [5.74, 6) is -0.0943. The predicted octanol–water partition coefficient (Wildman–Crippen LogP) is 3.83. The second-order valence-corrected chi connectivity index (χ2v) is 7.35. The summed E-state index contributed by atoms with van der Waals surface area (Å²) in [5.41, 5.74) is 4.17. The van der Waals surface area contributed by atoms with Crippen LogP contribution in [0.25, 0.3) is 0 Å². The van der Waals surface area contributed by atoms with Crippen molar-refractivity contribution >= 4 is 17.3 Å². The zero-order valence-electron chi connectivity index (χ0n) is 16.4. The van der Waals surface area contributed by atoms with Crippen LogP contribution in [-0.4, -0.2) is 48.1 Å². The molecule has 1 saturated heterocycles. The lowest BCUT2D eigenvalue weighted by Gasteiger charge is -2.40. The normalized spacial score (nSPS) is 16.8. The van der Waals surface area contributed by atoms with Gasteiger partial charge in [0.15, 0.2) is 0 Å². The van der Waals surface area contributed by atoms with Crippen LogP contribution in [-0.2, 0) is 4.79 Å². The van der Waals surface area contributed by atoms with E-state index in [0.29, 0.717) is 0 Å². The van der Waals surface area contributed by atoms with Gasteiger partial charge in [-0.1, -0.05) is 31.7 Å². The first kappa shape index (κ1) is 21.9. The molecule has 0 bridgehead atoms. The number of piperazine rings is 1. The maximum absolute atomic E-state index is 11.1. The van der Waals surface area contributed by atoms with E-state index in [1.54, 1.807) is 0 Å². The van der Waals surface area contributed by atoms with Gasteiger partial charge in [0.2, 0.25) is 5.91 Å². The van der Waals surface area contributed by atoms with Crippen LogP contribution in [0, 0.1) is 6.92 Å². The Morgan fingerprint density at radius 1 is 1.07 bits per heavy atom. The summed E-state index contributed by atoms with van der Waals surface area (Å²) < 4.78 is 0. The van der Waals surface area contributed by atoms with Gasteiger partial charge >= 0.3 is 0 Å². The summed E-state index contributed by atoms with van der Waals surface area (Å²) >= 11 is 0. The van der Waals surface area contributed by atoms with Gasteiger partial charge in [-0.15, -0.1) is 0 Å². The summed E-state index contributed by atoms with van der Waals surface area (Å²) in [5, 5.41) is 13.5. The highest BCUT2D eigenvalue weighted by Crippen LogP contribution is 2.25. The third kappa shape index (κ3) is 5.33. The molecule has 0 spiro atoms. The van der Waals surface area contributed by atoms with Crippen LogP contribution < -0.4 is 10.2 Å². The molecule has 2 aromatic rings. The zero-order valence-corrected chi connectivity index (χ0v) is 16.4. The van der Waals surface area contributed by atoms with E-state index < -0.39 is 6.10 Å². The van der Waals surface area contributed by atoms with Crippen LogP contribution in [0.4, 0.5) is 11.4 Å². The Bertz CT molecular complexity index is 768. The fraction of sp³-hybridized carbons (Fsp3) is 0.435. The molecule has 5 heteroatoms. The van der Waals surface area contributed by atoms with Crippen molar-refractivity contribution in [2.45, 2.75) is 40.3 Å². The average Bonchev–Trinajstić information content (AvgIpc) is 2.67. The molecule has 1 fully saturated rings. The highest BCUT2D eigenvalue weighted by molar-refractivity contribution is 5.88. The SMILES string of the molecule is C.CC(=O)Nc1ccc(C(O)C(C)N2CCN(c3cccc(C)c3)CC2)cc1. The first-order valence-electron chi connectivity index (χ1n) is 9.55. The lowest BCUT2D eigenvalue weighted by atomic mass is 10.0. The number of hydrogen-bond donors (Lipinski definition) is 2. The number of aliphatic hydroxyl groups is 1. The zero-order chi connectivity index (χ0) is 19.4. The Morgan fingerprint density at radius 2 is 1.71 bits per heavy atom. The number of nitrogens with one attached hydrogen (secondary N) is 1. The number of aliphatic hydroxyl groups excluding tert-OH is 1. The molecule has 1 aliphatic rings. The number of benzene rings is 2. The molecular formula is C23H33N3O2. The maximum Gasteiger partial charge on any atom is 0.221 e. The predicted molar refractivity (Wildman–Crippen MR) is 117 cm³/mol. The van der Waals surface area contributed by atoms with Crippen LogP contribution in [0.2, 0.25) is 0 Å². The molecule has 1 amide bonds. The number of hydrogen-bond acceptors (Lipinski definition) is 4. The lowest BCUT2D eigenvalue weighted by molar-refractivity contribution is -0.114. The van der Waals surface area contributed by atoms with Gasteiger partial charge in [0.25, 0.3) is 0 Å². The molecule has 0 aromatic heterocycles. The molecule has 2 atom stereocenters. The molecular weight excluding hydrogens is 350 g/mol. The van der Waals surface area contributed by atoms with E-state index in [2.05, 4.69) is 53.2 Å². The Balaban J connectivity index is 0.00000280. The molecule has 0 aliphatic carbocycles. The standard InChI is InChI=1S/C22H29N3O2.CH4/c1-16-5-4-6-21(15-16)25-13-11-24(12-14-25)17(2)22(27)19-7-9-20(10-8-19)23-18(3)26;/h4-10,15,17,22,27H,11-14H2,1-3H3,(H,23,26);1H4. The van der Waals surface area contributed by atoms with Crippen molar-refractivity contribution in [2.24, 2.45) is 0 Å². The van der Waals surface area contributed by atoms with E-state index in [1.165, 1.54) is 18.2 Å². The van der Waals surface area contributed by atoms with Crippen LogP contribution >= 0.6 is 0 Å². The number of anilines is 2. The number of rotatable bonds is 5. The Morgan fingerprint density at radius 3 is 2.29 bits per heavy atom. The number of carbonyl (C=O) groups excluding carboxylic acids is 1. The van der Waals surface area contributed by atoms with Gasteiger partial charge < -0.3 is 15.3 Å². The minimum absolute atomic E-state index is 0. The molecule has 2 N–H and O–H groups in total. The van der Waals surface area contributed by atoms with Crippen molar-refractivity contribution in [3.05, 3.63) is 59.7 Å². The van der Waals surface area contributed by atoms with Crippen molar-refractivity contribution in [2.75, 3.05) is 36.4 Å². The monoisotopic (exact) mass is 383 g/mol. The van der Waals surface area contributed by atoms with E-state index in [1.807, 2.05) is 24.3 Å². The van der Waals surface area contributed by atoms with Gasteiger partial charge in [0.1, 0.15) is 0 Å². The van der Waals surface area contributed by atoms with Crippen LogP contribution in [0.5, 0.6) is 0 Å². The summed E-state index contributed by atoms with van der Waals surface area (Å²) in [7, 11) is 0. The average molecular weight is 384 g/mol. The molecule has 0 radical (unpaired) electrons. The topological polar surface area (TPSA) is 55.8 Å². The number of amides is 1. The Hall–Kier alpha value is -2.37. The fourth-order valence-corrected chi connectivity index (χ4v) is 3.66. The van der Waals surface area contributed by atoms with Crippen molar-refractivity contribution in [3.63, 3.8) is 0 Å². The van der Waals surface area contributed by atoms with Crippen molar-refractivity contribution in [3.8, 4) is 0 Å². The smallest absolute Gasteiger partial charge is 0.221 e. The van der Waals surface area contributed by atoms with Crippen LogP contribution in [0.3, 0.4) is 0 Å². The minimum Gasteiger partial charge on any atom is -0.387 e. The third-order valence-corrected chi connectivity index (χ3v) is 5.29. The summed E-state index contributed by atoms with van der Waals surface area (Å²) in [6.45, 7) is 9.46. The molecule has 0 saturated carbocycles. The van der Waals surface area contributed by atoms with Gasteiger partial charge in [-0.3, -0.25) is 9.69 Å². The Labute approximate surface area is 169 Å². The lowest BCUT2D eigenvalue weighted by Crippen LogP contribution is -2.51. The summed E-state index contributed by atoms with van der Waals surface area (Å²) in [4.78, 5) is 15.9. The van der Waals surface area contributed by atoms with Gasteiger partial charge in [-0.2, -0.15) is 0 Å². The molecule has 2 unspecified atom stereocenters. The minimum atomic E-state index is -0.554. The van der Waals surface area contributed by atoms with E-state index in [4.69, 9.17) is 0 Å². The van der Waals surface area contributed by atoms with E-state index in [-0.39, 0.29) is 19.4 Å².